The minimum Gasteiger partial charge on any atom is -0.488 e. The molecule has 0 aliphatic rings. The van der Waals surface area contributed by atoms with Crippen LogP contribution in [0, 0.1) is 5.82 Å². The first-order chi connectivity index (χ1) is 13.2. The van der Waals surface area contributed by atoms with Crippen molar-refractivity contribution in [3.8, 4) is 5.75 Å². The predicted molar refractivity (Wildman–Crippen MR) is 103 cm³/mol. The quantitative estimate of drug-likeness (QED) is 0.481. The summed E-state index contributed by atoms with van der Waals surface area (Å²) < 4.78 is 19.6. The van der Waals surface area contributed by atoms with Crippen molar-refractivity contribution >= 4 is 16.7 Å². The fraction of sp³-hybridized carbons (Fsp3) is 0.0952. The van der Waals surface area contributed by atoms with E-state index in [0.29, 0.717) is 17.9 Å². The van der Waals surface area contributed by atoms with E-state index in [-0.39, 0.29) is 18.1 Å². The third kappa shape index (κ3) is 3.84. The maximum atomic E-state index is 13.8. The third-order valence-corrected chi connectivity index (χ3v) is 4.31. The summed E-state index contributed by atoms with van der Waals surface area (Å²) in [5.74, 6) is 0.422. The molecule has 0 unspecified atom stereocenters. The number of benzene rings is 3. The summed E-state index contributed by atoms with van der Waals surface area (Å²) in [6.07, 6.45) is 0. The lowest BCUT2D eigenvalue weighted by molar-refractivity contribution is 0.297. The first-order valence-corrected chi connectivity index (χ1v) is 8.59. The molecule has 5 nitrogen and oxygen atoms in total. The van der Waals surface area contributed by atoms with E-state index in [1.165, 1.54) is 6.07 Å². The van der Waals surface area contributed by atoms with Crippen molar-refractivity contribution < 1.29 is 9.13 Å². The summed E-state index contributed by atoms with van der Waals surface area (Å²) in [4.78, 5) is 16.8. The number of nitrogens with one attached hydrogen (secondary N) is 3. The number of anilines is 1. The van der Waals surface area contributed by atoms with Gasteiger partial charge in [0.05, 0.1) is 11.0 Å². The van der Waals surface area contributed by atoms with Gasteiger partial charge in [-0.05, 0) is 30.3 Å². The van der Waals surface area contributed by atoms with Gasteiger partial charge >= 0.3 is 5.69 Å². The fourth-order valence-corrected chi connectivity index (χ4v) is 2.90. The zero-order chi connectivity index (χ0) is 18.6. The highest BCUT2D eigenvalue weighted by Gasteiger charge is 2.07. The van der Waals surface area contributed by atoms with Crippen LogP contribution in [0.4, 0.5) is 10.1 Å². The number of rotatable bonds is 6. The molecule has 0 amide bonds. The number of imidazole rings is 1. The number of halogens is 1. The van der Waals surface area contributed by atoms with Gasteiger partial charge in [0.1, 0.15) is 18.2 Å². The SMILES string of the molecule is O=c1[nH]c2ccc(NCc3ccccc3OCc3ccccc3F)cc2[nH]1. The molecule has 0 bridgehead atoms. The molecule has 0 saturated heterocycles. The van der Waals surface area contributed by atoms with Gasteiger partial charge in [-0.2, -0.15) is 0 Å². The first kappa shape index (κ1) is 16.9. The van der Waals surface area contributed by atoms with Crippen molar-refractivity contribution in [2.45, 2.75) is 13.2 Å². The molecule has 3 aromatic carbocycles. The molecule has 4 rings (SSSR count). The molecule has 4 aromatic rings. The molecular weight excluding hydrogens is 345 g/mol. The molecule has 0 aliphatic carbocycles. The second-order valence-corrected chi connectivity index (χ2v) is 6.18. The number of para-hydroxylation sites is 1. The standard InChI is InChI=1S/C21H18FN3O2/c22-17-7-3-1-6-15(17)13-27-20-8-4-2-5-14(20)12-23-16-9-10-18-19(11-16)25-21(26)24-18/h1-11,23H,12-13H2,(H2,24,25,26). The van der Waals surface area contributed by atoms with E-state index >= 15 is 0 Å². The molecular formula is C21H18FN3O2. The first-order valence-electron chi connectivity index (χ1n) is 8.59. The van der Waals surface area contributed by atoms with Crippen molar-refractivity contribution in [2.24, 2.45) is 0 Å². The number of fused-ring (bicyclic) bond motifs is 1. The Hall–Kier alpha value is -3.54. The smallest absolute Gasteiger partial charge is 0.323 e. The van der Waals surface area contributed by atoms with E-state index < -0.39 is 0 Å². The van der Waals surface area contributed by atoms with Gasteiger partial charge in [-0.15, -0.1) is 0 Å². The molecule has 1 heterocycles. The number of aromatic amines is 2. The molecule has 6 heteroatoms. The average molecular weight is 363 g/mol. The fourth-order valence-electron chi connectivity index (χ4n) is 2.90. The lowest BCUT2D eigenvalue weighted by Gasteiger charge is -2.13. The Morgan fingerprint density at radius 1 is 0.889 bits per heavy atom. The Morgan fingerprint density at radius 2 is 1.63 bits per heavy atom. The molecule has 3 N–H and O–H groups in total. The Balaban J connectivity index is 1.47. The molecule has 0 saturated carbocycles. The van der Waals surface area contributed by atoms with Crippen LogP contribution in [0.3, 0.4) is 0 Å². The topological polar surface area (TPSA) is 69.9 Å². The minimum absolute atomic E-state index is 0.167. The van der Waals surface area contributed by atoms with Crippen LogP contribution >= 0.6 is 0 Å². The van der Waals surface area contributed by atoms with Gasteiger partial charge in [-0.3, -0.25) is 0 Å². The van der Waals surface area contributed by atoms with Crippen LogP contribution in [0.2, 0.25) is 0 Å². The van der Waals surface area contributed by atoms with Crippen LogP contribution in [-0.2, 0) is 13.2 Å². The van der Waals surface area contributed by atoms with E-state index in [2.05, 4.69) is 15.3 Å². The Morgan fingerprint density at radius 3 is 2.48 bits per heavy atom. The van der Waals surface area contributed by atoms with Crippen LogP contribution in [0.15, 0.2) is 71.5 Å². The van der Waals surface area contributed by atoms with Crippen LogP contribution in [0.1, 0.15) is 11.1 Å². The van der Waals surface area contributed by atoms with E-state index in [0.717, 1.165) is 22.3 Å². The van der Waals surface area contributed by atoms with Gasteiger partial charge in [0, 0.05) is 23.4 Å². The molecule has 1 aromatic heterocycles. The monoisotopic (exact) mass is 363 g/mol. The molecule has 27 heavy (non-hydrogen) atoms. The summed E-state index contributed by atoms with van der Waals surface area (Å²) in [5.41, 5.74) is 3.63. The average Bonchev–Trinajstić information content (AvgIpc) is 3.05. The molecule has 0 spiro atoms. The lowest BCUT2D eigenvalue weighted by Crippen LogP contribution is -2.04. The molecule has 136 valence electrons. The second kappa shape index (κ2) is 7.37. The normalized spacial score (nSPS) is 10.9. The highest BCUT2D eigenvalue weighted by molar-refractivity contribution is 5.78. The van der Waals surface area contributed by atoms with Gasteiger partial charge in [0.25, 0.3) is 0 Å². The van der Waals surface area contributed by atoms with Crippen molar-refractivity contribution in [1.82, 2.24) is 9.97 Å². The maximum absolute atomic E-state index is 13.8. The van der Waals surface area contributed by atoms with Crippen molar-refractivity contribution in [3.05, 3.63) is 94.2 Å². The predicted octanol–water partition coefficient (Wildman–Crippen LogP) is 4.19. The summed E-state index contributed by atoms with van der Waals surface area (Å²) in [6, 6.07) is 19.8. The minimum atomic E-state index is -0.276. The van der Waals surface area contributed by atoms with Crippen LogP contribution in [-0.4, -0.2) is 9.97 Å². The van der Waals surface area contributed by atoms with Gasteiger partial charge in [0.2, 0.25) is 0 Å². The number of H-pyrrole nitrogens is 2. The molecule has 0 aliphatic heterocycles. The van der Waals surface area contributed by atoms with Gasteiger partial charge in [-0.25, -0.2) is 9.18 Å². The van der Waals surface area contributed by atoms with Crippen molar-refractivity contribution in [3.63, 3.8) is 0 Å². The zero-order valence-corrected chi connectivity index (χ0v) is 14.5. The Kier molecular flexibility index (Phi) is 4.61. The van der Waals surface area contributed by atoms with Gasteiger partial charge in [0.15, 0.2) is 0 Å². The summed E-state index contributed by atoms with van der Waals surface area (Å²) in [6.45, 7) is 0.702. The van der Waals surface area contributed by atoms with Crippen molar-refractivity contribution in [2.75, 3.05) is 5.32 Å². The third-order valence-electron chi connectivity index (χ3n) is 4.31. The summed E-state index contributed by atoms with van der Waals surface area (Å²) >= 11 is 0. The van der Waals surface area contributed by atoms with E-state index in [1.807, 2.05) is 42.5 Å². The van der Waals surface area contributed by atoms with E-state index in [1.54, 1.807) is 18.2 Å². The Bertz CT molecular complexity index is 1130. The number of hydrogen-bond acceptors (Lipinski definition) is 3. The van der Waals surface area contributed by atoms with Crippen LogP contribution in [0.25, 0.3) is 11.0 Å². The number of hydrogen-bond donors (Lipinski definition) is 3. The van der Waals surface area contributed by atoms with E-state index in [9.17, 15) is 9.18 Å². The second-order valence-electron chi connectivity index (χ2n) is 6.18. The largest absolute Gasteiger partial charge is 0.488 e. The van der Waals surface area contributed by atoms with Crippen LogP contribution in [0.5, 0.6) is 5.75 Å². The highest BCUT2D eigenvalue weighted by atomic mass is 19.1. The highest BCUT2D eigenvalue weighted by Crippen LogP contribution is 2.22. The lowest BCUT2D eigenvalue weighted by atomic mass is 10.2. The molecule has 0 fully saturated rings. The summed E-state index contributed by atoms with van der Waals surface area (Å²) in [5, 5.41) is 3.32. The van der Waals surface area contributed by atoms with Crippen molar-refractivity contribution in [1.29, 1.82) is 0 Å². The van der Waals surface area contributed by atoms with E-state index in [4.69, 9.17) is 4.74 Å². The summed E-state index contributed by atoms with van der Waals surface area (Å²) in [7, 11) is 0. The molecule has 0 radical (unpaired) electrons. The molecule has 0 atom stereocenters. The van der Waals surface area contributed by atoms with Gasteiger partial charge in [-0.1, -0.05) is 36.4 Å². The number of ether oxygens (including phenoxy) is 1. The van der Waals surface area contributed by atoms with Crippen LogP contribution < -0.4 is 15.7 Å². The Labute approximate surface area is 154 Å². The number of aromatic nitrogens is 2. The van der Waals surface area contributed by atoms with Gasteiger partial charge < -0.3 is 20.0 Å². The maximum Gasteiger partial charge on any atom is 0.323 e. The zero-order valence-electron chi connectivity index (χ0n) is 14.5.